The van der Waals surface area contributed by atoms with Crippen LogP contribution in [-0.4, -0.2) is 19.1 Å². The van der Waals surface area contributed by atoms with Gasteiger partial charge in [0.05, 0.1) is 0 Å². The molecule has 0 spiro atoms. The molecule has 0 aromatic carbocycles. The van der Waals surface area contributed by atoms with Gasteiger partial charge in [-0.1, -0.05) is 13.8 Å². The van der Waals surface area contributed by atoms with Crippen LogP contribution in [0.2, 0.25) is 0 Å². The minimum absolute atomic E-state index is 0.0228. The molecule has 0 rings (SSSR count). The summed E-state index contributed by atoms with van der Waals surface area (Å²) in [5, 5.41) is 2.60. The summed E-state index contributed by atoms with van der Waals surface area (Å²) in [6.07, 6.45) is 1.92. The Hall–Kier alpha value is -0.770. The number of carbonyl (C=O) groups excluding carboxylic acids is 1. The SMILES string of the molecule is CCC(CC)(CN)CNC(N)=O. The van der Waals surface area contributed by atoms with E-state index in [-0.39, 0.29) is 5.41 Å². The topological polar surface area (TPSA) is 81.1 Å². The minimum atomic E-state index is -0.477. The van der Waals surface area contributed by atoms with Crippen LogP contribution in [0.4, 0.5) is 4.79 Å². The summed E-state index contributed by atoms with van der Waals surface area (Å²) in [7, 11) is 0. The number of urea groups is 1. The molecule has 0 aromatic heterocycles. The van der Waals surface area contributed by atoms with Crippen molar-refractivity contribution in [3.05, 3.63) is 0 Å². The van der Waals surface area contributed by atoms with Crippen LogP contribution in [0.3, 0.4) is 0 Å². The van der Waals surface area contributed by atoms with Gasteiger partial charge in [0.25, 0.3) is 0 Å². The van der Waals surface area contributed by atoms with Crippen LogP contribution in [0.25, 0.3) is 0 Å². The molecule has 0 fully saturated rings. The van der Waals surface area contributed by atoms with Crippen molar-refractivity contribution in [2.75, 3.05) is 13.1 Å². The lowest BCUT2D eigenvalue weighted by molar-refractivity contribution is 0.229. The third-order valence-corrected chi connectivity index (χ3v) is 2.57. The van der Waals surface area contributed by atoms with Gasteiger partial charge in [-0.3, -0.25) is 0 Å². The normalized spacial score (nSPS) is 11.2. The Bertz CT molecular complexity index is 135. The van der Waals surface area contributed by atoms with E-state index in [9.17, 15) is 4.79 Å². The zero-order valence-corrected chi connectivity index (χ0v) is 7.89. The first-order valence-electron chi connectivity index (χ1n) is 4.33. The summed E-state index contributed by atoms with van der Waals surface area (Å²) in [5.74, 6) is 0. The highest BCUT2D eigenvalue weighted by Gasteiger charge is 2.24. The van der Waals surface area contributed by atoms with E-state index in [0.29, 0.717) is 13.1 Å². The molecule has 0 aliphatic heterocycles. The van der Waals surface area contributed by atoms with E-state index in [4.69, 9.17) is 11.5 Å². The molecular formula is C8H19N3O. The van der Waals surface area contributed by atoms with E-state index < -0.39 is 6.03 Å². The number of hydrogen-bond donors (Lipinski definition) is 3. The Labute approximate surface area is 73.7 Å². The maximum Gasteiger partial charge on any atom is 0.312 e. The molecule has 0 radical (unpaired) electrons. The average molecular weight is 173 g/mol. The van der Waals surface area contributed by atoms with Crippen LogP contribution in [0, 0.1) is 5.41 Å². The number of rotatable bonds is 5. The summed E-state index contributed by atoms with van der Waals surface area (Å²) in [6, 6.07) is -0.477. The molecule has 0 atom stereocenters. The highest BCUT2D eigenvalue weighted by Crippen LogP contribution is 2.23. The van der Waals surface area contributed by atoms with Crippen LogP contribution in [-0.2, 0) is 0 Å². The highest BCUT2D eigenvalue weighted by atomic mass is 16.2. The molecule has 0 heterocycles. The fraction of sp³-hybridized carbons (Fsp3) is 0.875. The van der Waals surface area contributed by atoms with Crippen molar-refractivity contribution in [2.24, 2.45) is 16.9 Å². The van der Waals surface area contributed by atoms with Gasteiger partial charge in [-0.05, 0) is 24.8 Å². The smallest absolute Gasteiger partial charge is 0.312 e. The van der Waals surface area contributed by atoms with Crippen LogP contribution in [0.5, 0.6) is 0 Å². The Morgan fingerprint density at radius 3 is 2.17 bits per heavy atom. The van der Waals surface area contributed by atoms with Crippen molar-refractivity contribution in [3.63, 3.8) is 0 Å². The van der Waals surface area contributed by atoms with Gasteiger partial charge in [0.2, 0.25) is 0 Å². The molecule has 72 valence electrons. The molecule has 0 saturated heterocycles. The summed E-state index contributed by atoms with van der Waals surface area (Å²) < 4.78 is 0. The van der Waals surface area contributed by atoms with Gasteiger partial charge in [0.1, 0.15) is 0 Å². The van der Waals surface area contributed by atoms with Gasteiger partial charge in [0, 0.05) is 6.54 Å². The van der Waals surface area contributed by atoms with Crippen molar-refractivity contribution in [1.82, 2.24) is 5.32 Å². The van der Waals surface area contributed by atoms with E-state index in [1.54, 1.807) is 0 Å². The molecule has 0 aliphatic carbocycles. The van der Waals surface area contributed by atoms with Gasteiger partial charge in [0.15, 0.2) is 0 Å². The fourth-order valence-corrected chi connectivity index (χ4v) is 1.14. The molecule has 12 heavy (non-hydrogen) atoms. The number of primary amides is 1. The molecule has 4 nitrogen and oxygen atoms in total. The Kier molecular flexibility index (Phi) is 4.66. The quantitative estimate of drug-likeness (QED) is 0.563. The lowest BCUT2D eigenvalue weighted by Crippen LogP contribution is -2.43. The molecule has 4 heteroatoms. The molecule has 0 aliphatic rings. The molecule has 5 N–H and O–H groups in total. The second-order valence-corrected chi connectivity index (χ2v) is 3.13. The van der Waals surface area contributed by atoms with Gasteiger partial charge in [-0.25, -0.2) is 4.79 Å². The van der Waals surface area contributed by atoms with E-state index in [1.165, 1.54) is 0 Å². The number of carbonyl (C=O) groups is 1. The van der Waals surface area contributed by atoms with Gasteiger partial charge in [-0.15, -0.1) is 0 Å². The maximum absolute atomic E-state index is 10.5. The maximum atomic E-state index is 10.5. The van der Waals surface area contributed by atoms with Gasteiger partial charge in [-0.2, -0.15) is 0 Å². The second-order valence-electron chi connectivity index (χ2n) is 3.13. The lowest BCUT2D eigenvalue weighted by Gasteiger charge is -2.29. The van der Waals surface area contributed by atoms with E-state index in [0.717, 1.165) is 12.8 Å². The minimum Gasteiger partial charge on any atom is -0.352 e. The molecular weight excluding hydrogens is 154 g/mol. The summed E-state index contributed by atoms with van der Waals surface area (Å²) in [4.78, 5) is 10.5. The molecule has 0 bridgehead atoms. The Morgan fingerprint density at radius 2 is 1.92 bits per heavy atom. The summed E-state index contributed by atoms with van der Waals surface area (Å²) in [5.41, 5.74) is 10.6. The second kappa shape index (κ2) is 4.98. The summed E-state index contributed by atoms with van der Waals surface area (Å²) in [6.45, 7) is 5.30. The van der Waals surface area contributed by atoms with Gasteiger partial charge >= 0.3 is 6.03 Å². The highest BCUT2D eigenvalue weighted by molar-refractivity contribution is 5.71. The van der Waals surface area contributed by atoms with E-state index in [2.05, 4.69) is 19.2 Å². The molecule has 0 saturated carbocycles. The largest absolute Gasteiger partial charge is 0.352 e. The monoisotopic (exact) mass is 173 g/mol. The van der Waals surface area contributed by atoms with E-state index >= 15 is 0 Å². The zero-order chi connectivity index (χ0) is 9.61. The van der Waals surface area contributed by atoms with Gasteiger partial charge < -0.3 is 16.8 Å². The van der Waals surface area contributed by atoms with Crippen molar-refractivity contribution in [2.45, 2.75) is 26.7 Å². The third-order valence-electron chi connectivity index (χ3n) is 2.57. The summed E-state index contributed by atoms with van der Waals surface area (Å²) >= 11 is 0. The van der Waals surface area contributed by atoms with Crippen LogP contribution in [0.1, 0.15) is 26.7 Å². The van der Waals surface area contributed by atoms with E-state index in [1.807, 2.05) is 0 Å². The fourth-order valence-electron chi connectivity index (χ4n) is 1.14. The van der Waals surface area contributed by atoms with Crippen LogP contribution >= 0.6 is 0 Å². The van der Waals surface area contributed by atoms with Crippen LogP contribution in [0.15, 0.2) is 0 Å². The Morgan fingerprint density at radius 1 is 1.42 bits per heavy atom. The Balaban J connectivity index is 4.01. The number of nitrogens with two attached hydrogens (primary N) is 2. The van der Waals surface area contributed by atoms with Crippen molar-refractivity contribution in [3.8, 4) is 0 Å². The predicted molar refractivity (Wildman–Crippen MR) is 49.7 cm³/mol. The number of amides is 2. The first-order valence-corrected chi connectivity index (χ1v) is 4.33. The third kappa shape index (κ3) is 3.09. The predicted octanol–water partition coefficient (Wildman–Crippen LogP) is 0.420. The number of hydrogen-bond acceptors (Lipinski definition) is 2. The lowest BCUT2D eigenvalue weighted by atomic mass is 9.82. The average Bonchev–Trinajstić information content (AvgIpc) is 2.08. The van der Waals surface area contributed by atoms with Crippen LogP contribution < -0.4 is 16.8 Å². The molecule has 2 amide bonds. The zero-order valence-electron chi connectivity index (χ0n) is 7.89. The van der Waals surface area contributed by atoms with Crippen molar-refractivity contribution < 1.29 is 4.79 Å². The first kappa shape index (κ1) is 11.2. The number of nitrogens with one attached hydrogen (secondary N) is 1. The molecule has 0 unspecified atom stereocenters. The standard InChI is InChI=1S/C8H19N3O/c1-3-8(4-2,5-9)6-11-7(10)12/h3-6,9H2,1-2H3,(H3,10,11,12). The molecule has 0 aromatic rings. The first-order chi connectivity index (χ1) is 5.60. The van der Waals surface area contributed by atoms with Crippen molar-refractivity contribution in [1.29, 1.82) is 0 Å². The van der Waals surface area contributed by atoms with Crippen molar-refractivity contribution >= 4 is 6.03 Å².